The van der Waals surface area contributed by atoms with Gasteiger partial charge in [-0.2, -0.15) is 4.31 Å². The molecule has 0 amide bonds. The fraction of sp³-hybridized carbons (Fsp3) is 0.364. The summed E-state index contributed by atoms with van der Waals surface area (Å²) in [6.45, 7) is 7.97. The number of nitrogens with zero attached hydrogens (tertiary/aromatic N) is 3. The van der Waals surface area contributed by atoms with E-state index >= 15 is 0 Å². The Balaban J connectivity index is 2.01. The quantitative estimate of drug-likeness (QED) is 0.655. The molecule has 0 radical (unpaired) electrons. The monoisotopic (exact) mass is 413 g/mol. The van der Waals surface area contributed by atoms with Crippen LogP contribution in [0, 0.1) is 0 Å². The molecule has 0 spiro atoms. The normalized spacial score (nSPS) is 13.8. The number of rotatable bonds is 4. The standard InChI is InChI=1S/C22H27N3O3S/c1-15(20-23-19-10-8-7-9-18(19)21(26)24(20)5)25(6)29(27,28)17-13-11-16(12-14-17)22(2,3)4/h7-15H,1-6H3. The molecule has 0 bridgehead atoms. The third kappa shape index (κ3) is 3.84. The molecule has 1 heterocycles. The van der Waals surface area contributed by atoms with Gasteiger partial charge in [-0.15, -0.1) is 0 Å². The van der Waals surface area contributed by atoms with E-state index in [2.05, 4.69) is 25.8 Å². The lowest BCUT2D eigenvalue weighted by atomic mass is 9.87. The molecule has 3 aromatic rings. The first-order valence-electron chi connectivity index (χ1n) is 9.49. The van der Waals surface area contributed by atoms with E-state index in [9.17, 15) is 13.2 Å². The molecule has 0 fully saturated rings. The van der Waals surface area contributed by atoms with E-state index in [1.54, 1.807) is 50.4 Å². The summed E-state index contributed by atoms with van der Waals surface area (Å²) in [6, 6.07) is 13.4. The number of aromatic nitrogens is 2. The summed E-state index contributed by atoms with van der Waals surface area (Å²) in [4.78, 5) is 17.5. The number of hydrogen-bond acceptors (Lipinski definition) is 4. The van der Waals surface area contributed by atoms with Gasteiger partial charge in [-0.05, 0) is 42.2 Å². The lowest BCUT2D eigenvalue weighted by Gasteiger charge is -2.26. The minimum absolute atomic E-state index is 0.0607. The molecular formula is C22H27N3O3S. The summed E-state index contributed by atoms with van der Waals surface area (Å²) in [6.07, 6.45) is 0. The zero-order valence-corrected chi connectivity index (χ0v) is 18.5. The fourth-order valence-corrected chi connectivity index (χ4v) is 4.60. The van der Waals surface area contributed by atoms with E-state index in [-0.39, 0.29) is 15.9 Å². The summed E-state index contributed by atoms with van der Waals surface area (Å²) in [5.74, 6) is 0.395. The van der Waals surface area contributed by atoms with Crippen molar-refractivity contribution >= 4 is 20.9 Å². The zero-order chi connectivity index (χ0) is 21.6. The van der Waals surface area contributed by atoms with Crippen LogP contribution in [0.3, 0.4) is 0 Å². The van der Waals surface area contributed by atoms with E-state index in [4.69, 9.17) is 0 Å². The molecule has 1 aromatic heterocycles. The van der Waals surface area contributed by atoms with Crippen LogP contribution < -0.4 is 5.56 Å². The van der Waals surface area contributed by atoms with Crippen LogP contribution in [0.15, 0.2) is 58.2 Å². The van der Waals surface area contributed by atoms with Gasteiger partial charge in [0.05, 0.1) is 21.8 Å². The lowest BCUT2D eigenvalue weighted by Crippen LogP contribution is -2.34. The molecule has 154 valence electrons. The van der Waals surface area contributed by atoms with Gasteiger partial charge in [0.25, 0.3) is 5.56 Å². The molecule has 0 aliphatic heterocycles. The summed E-state index contributed by atoms with van der Waals surface area (Å²) in [7, 11) is -0.623. The first-order valence-corrected chi connectivity index (χ1v) is 10.9. The third-order valence-corrected chi connectivity index (χ3v) is 7.28. The molecular weight excluding hydrogens is 386 g/mol. The molecule has 6 nitrogen and oxygen atoms in total. The lowest BCUT2D eigenvalue weighted by molar-refractivity contribution is 0.374. The molecule has 0 saturated carbocycles. The van der Waals surface area contributed by atoms with Crippen LogP contribution in [0.1, 0.15) is 45.1 Å². The maximum absolute atomic E-state index is 13.2. The largest absolute Gasteiger partial charge is 0.298 e. The molecule has 0 aliphatic rings. The summed E-state index contributed by atoms with van der Waals surface area (Å²) < 4.78 is 29.0. The van der Waals surface area contributed by atoms with Crippen LogP contribution in [-0.4, -0.2) is 29.3 Å². The van der Waals surface area contributed by atoms with Crippen LogP contribution in [-0.2, 0) is 22.5 Å². The van der Waals surface area contributed by atoms with Gasteiger partial charge >= 0.3 is 0 Å². The number of fused-ring (bicyclic) bond motifs is 1. The van der Waals surface area contributed by atoms with Gasteiger partial charge in [0.2, 0.25) is 10.0 Å². The predicted octanol–water partition coefficient (Wildman–Crippen LogP) is 3.61. The second kappa shape index (κ2) is 7.39. The van der Waals surface area contributed by atoms with E-state index in [1.807, 2.05) is 12.1 Å². The highest BCUT2D eigenvalue weighted by Crippen LogP contribution is 2.27. The van der Waals surface area contributed by atoms with Crippen LogP contribution in [0.25, 0.3) is 10.9 Å². The van der Waals surface area contributed by atoms with Crippen molar-refractivity contribution in [3.63, 3.8) is 0 Å². The molecule has 0 aliphatic carbocycles. The predicted molar refractivity (Wildman–Crippen MR) is 115 cm³/mol. The Morgan fingerprint density at radius 3 is 2.21 bits per heavy atom. The van der Waals surface area contributed by atoms with E-state index < -0.39 is 16.1 Å². The topological polar surface area (TPSA) is 72.3 Å². The van der Waals surface area contributed by atoms with Crippen molar-refractivity contribution in [2.75, 3.05) is 7.05 Å². The number of hydrogen-bond donors (Lipinski definition) is 0. The molecule has 1 atom stereocenters. The highest BCUT2D eigenvalue weighted by Gasteiger charge is 2.29. The van der Waals surface area contributed by atoms with Gasteiger partial charge < -0.3 is 0 Å². The molecule has 29 heavy (non-hydrogen) atoms. The Morgan fingerprint density at radius 2 is 1.62 bits per heavy atom. The smallest absolute Gasteiger partial charge is 0.261 e. The van der Waals surface area contributed by atoms with Gasteiger partial charge in [0, 0.05) is 14.1 Å². The van der Waals surface area contributed by atoms with Gasteiger partial charge in [-0.3, -0.25) is 9.36 Å². The second-order valence-electron chi connectivity index (χ2n) is 8.32. The Morgan fingerprint density at radius 1 is 1.03 bits per heavy atom. The highest BCUT2D eigenvalue weighted by atomic mass is 32.2. The van der Waals surface area contributed by atoms with Gasteiger partial charge in [-0.1, -0.05) is 45.0 Å². The maximum Gasteiger partial charge on any atom is 0.261 e. The van der Waals surface area contributed by atoms with Crippen LogP contribution >= 0.6 is 0 Å². The van der Waals surface area contributed by atoms with Gasteiger partial charge in [0.1, 0.15) is 5.82 Å². The Bertz CT molecular complexity index is 1210. The maximum atomic E-state index is 13.2. The highest BCUT2D eigenvalue weighted by molar-refractivity contribution is 7.89. The summed E-state index contributed by atoms with van der Waals surface area (Å²) >= 11 is 0. The summed E-state index contributed by atoms with van der Waals surface area (Å²) in [5, 5.41) is 0.509. The van der Waals surface area contributed by atoms with E-state index in [1.165, 1.54) is 15.9 Å². The van der Waals surface area contributed by atoms with Gasteiger partial charge in [-0.25, -0.2) is 13.4 Å². The number of para-hydroxylation sites is 1. The molecule has 0 saturated heterocycles. The minimum atomic E-state index is -3.75. The first kappa shape index (κ1) is 21.2. The van der Waals surface area contributed by atoms with Crippen LogP contribution in [0.5, 0.6) is 0 Å². The van der Waals surface area contributed by atoms with Crippen molar-refractivity contribution in [2.24, 2.45) is 7.05 Å². The van der Waals surface area contributed by atoms with Crippen molar-refractivity contribution < 1.29 is 8.42 Å². The van der Waals surface area contributed by atoms with Crippen molar-refractivity contribution in [1.82, 2.24) is 13.9 Å². The molecule has 2 aromatic carbocycles. The summed E-state index contributed by atoms with van der Waals surface area (Å²) in [5.41, 5.74) is 1.36. The zero-order valence-electron chi connectivity index (χ0n) is 17.7. The Kier molecular flexibility index (Phi) is 5.40. The van der Waals surface area contributed by atoms with E-state index in [0.717, 1.165) is 5.56 Å². The molecule has 1 unspecified atom stereocenters. The average molecular weight is 414 g/mol. The van der Waals surface area contributed by atoms with Crippen LogP contribution in [0.2, 0.25) is 0 Å². The van der Waals surface area contributed by atoms with Crippen molar-refractivity contribution in [1.29, 1.82) is 0 Å². The van der Waals surface area contributed by atoms with E-state index in [0.29, 0.717) is 16.7 Å². The number of benzene rings is 2. The third-order valence-electron chi connectivity index (χ3n) is 5.33. The molecule has 0 N–H and O–H groups in total. The Labute approximate surface area is 171 Å². The SMILES string of the molecule is CC(c1nc2ccccc2c(=O)n1C)N(C)S(=O)(=O)c1ccc(C(C)(C)C)cc1. The van der Waals surface area contributed by atoms with Crippen LogP contribution in [0.4, 0.5) is 0 Å². The second-order valence-corrected chi connectivity index (χ2v) is 10.3. The number of sulfonamides is 1. The fourth-order valence-electron chi connectivity index (χ4n) is 3.27. The van der Waals surface area contributed by atoms with Gasteiger partial charge in [0.15, 0.2) is 0 Å². The van der Waals surface area contributed by atoms with Crippen molar-refractivity contribution in [3.8, 4) is 0 Å². The Hall–Kier alpha value is -2.51. The molecule has 3 rings (SSSR count). The minimum Gasteiger partial charge on any atom is -0.298 e. The average Bonchev–Trinajstić information content (AvgIpc) is 2.69. The first-order chi connectivity index (χ1) is 13.4. The van der Waals surface area contributed by atoms with Crippen molar-refractivity contribution in [3.05, 3.63) is 70.3 Å². The van der Waals surface area contributed by atoms with Crippen molar-refractivity contribution in [2.45, 2.75) is 44.0 Å². The molecule has 7 heteroatoms.